The molecule has 4 aromatic carbocycles. The minimum atomic E-state index is -1.52. The van der Waals surface area contributed by atoms with Crippen molar-refractivity contribution in [2.24, 2.45) is 0 Å². The third-order valence-electron chi connectivity index (χ3n) is 5.00. The molecule has 0 radical (unpaired) electrons. The van der Waals surface area contributed by atoms with Gasteiger partial charge < -0.3 is 14.6 Å². The van der Waals surface area contributed by atoms with Gasteiger partial charge in [-0.15, -0.1) is 0 Å². The van der Waals surface area contributed by atoms with Crippen LogP contribution in [0.1, 0.15) is 0 Å². The van der Waals surface area contributed by atoms with E-state index in [1.807, 2.05) is 60.7 Å². The average molecular weight is 337 g/mol. The molecule has 0 spiro atoms. The maximum Gasteiger partial charge on any atom is 0.489 e. The van der Waals surface area contributed by atoms with Gasteiger partial charge in [-0.25, -0.2) is 0 Å². The zero-order valence-corrected chi connectivity index (χ0v) is 14.0. The molecule has 0 saturated heterocycles. The van der Waals surface area contributed by atoms with Gasteiger partial charge in [-0.3, -0.25) is 0 Å². The number of benzene rings is 4. The van der Waals surface area contributed by atoms with Crippen molar-refractivity contribution in [1.82, 2.24) is 4.57 Å². The van der Waals surface area contributed by atoms with Gasteiger partial charge in [-0.05, 0) is 40.5 Å². The molecule has 4 heteroatoms. The van der Waals surface area contributed by atoms with Gasteiger partial charge in [-0.2, -0.15) is 0 Å². The number of rotatable bonds is 2. The highest BCUT2D eigenvalue weighted by molar-refractivity contribution is 6.62. The summed E-state index contributed by atoms with van der Waals surface area (Å²) in [5, 5.41) is 24.1. The standard InChI is InChI=1S/C22H16BNO2/c25-23(26)19-14-21-22(17-11-5-4-10-16(17)19)18-12-6-7-13-20(18)24(21)15-8-2-1-3-9-15/h1-14,25-26H. The molecule has 3 nitrogen and oxygen atoms in total. The van der Waals surface area contributed by atoms with Crippen LogP contribution in [0, 0.1) is 0 Å². The molecule has 0 aliphatic carbocycles. The largest absolute Gasteiger partial charge is 0.489 e. The molecule has 5 rings (SSSR count). The van der Waals surface area contributed by atoms with Gasteiger partial charge >= 0.3 is 7.12 Å². The molecular weight excluding hydrogens is 321 g/mol. The molecule has 0 aliphatic heterocycles. The van der Waals surface area contributed by atoms with Gasteiger partial charge in [0.15, 0.2) is 0 Å². The summed E-state index contributed by atoms with van der Waals surface area (Å²) < 4.78 is 2.18. The Labute approximate surface area is 150 Å². The first kappa shape index (κ1) is 15.2. The molecular formula is C22H16BNO2. The van der Waals surface area contributed by atoms with Gasteiger partial charge in [0, 0.05) is 16.5 Å². The van der Waals surface area contributed by atoms with Crippen LogP contribution in [0.25, 0.3) is 38.3 Å². The highest BCUT2D eigenvalue weighted by Crippen LogP contribution is 2.36. The predicted octanol–water partition coefficient (Wildman–Crippen LogP) is 3.62. The highest BCUT2D eigenvalue weighted by Gasteiger charge is 2.21. The zero-order valence-electron chi connectivity index (χ0n) is 14.0. The molecule has 1 heterocycles. The summed E-state index contributed by atoms with van der Waals surface area (Å²) in [6, 6.07) is 28.3. The Morgan fingerprint density at radius 1 is 0.615 bits per heavy atom. The van der Waals surface area contributed by atoms with E-state index in [2.05, 4.69) is 28.8 Å². The summed E-state index contributed by atoms with van der Waals surface area (Å²) in [4.78, 5) is 0. The first-order valence-electron chi connectivity index (χ1n) is 8.62. The topological polar surface area (TPSA) is 45.4 Å². The maximum absolute atomic E-state index is 9.96. The third kappa shape index (κ3) is 2.10. The lowest BCUT2D eigenvalue weighted by Gasteiger charge is -2.11. The molecule has 0 unspecified atom stereocenters. The summed E-state index contributed by atoms with van der Waals surface area (Å²) in [5.41, 5.74) is 3.64. The van der Waals surface area contributed by atoms with Gasteiger partial charge in [0.1, 0.15) is 0 Å². The van der Waals surface area contributed by atoms with E-state index in [4.69, 9.17) is 0 Å². The van der Waals surface area contributed by atoms with Crippen LogP contribution in [-0.4, -0.2) is 21.7 Å². The Balaban J connectivity index is 2.08. The Bertz CT molecular complexity index is 1260. The molecule has 0 bridgehead atoms. The molecule has 124 valence electrons. The number of nitrogens with zero attached hydrogens (tertiary/aromatic N) is 1. The van der Waals surface area contributed by atoms with E-state index >= 15 is 0 Å². The van der Waals surface area contributed by atoms with Crippen LogP contribution >= 0.6 is 0 Å². The number of hydrogen-bond donors (Lipinski definition) is 2. The van der Waals surface area contributed by atoms with Crippen molar-refractivity contribution in [2.75, 3.05) is 0 Å². The second-order valence-electron chi connectivity index (χ2n) is 6.47. The van der Waals surface area contributed by atoms with E-state index < -0.39 is 7.12 Å². The lowest BCUT2D eigenvalue weighted by Crippen LogP contribution is -2.30. The Morgan fingerprint density at radius 3 is 1.96 bits per heavy atom. The quantitative estimate of drug-likeness (QED) is 0.483. The number of para-hydroxylation sites is 2. The molecule has 1 aromatic heterocycles. The molecule has 0 saturated carbocycles. The summed E-state index contributed by atoms with van der Waals surface area (Å²) in [7, 11) is -1.52. The number of fused-ring (bicyclic) bond motifs is 5. The number of aromatic nitrogens is 1. The van der Waals surface area contributed by atoms with Gasteiger partial charge in [0.25, 0.3) is 0 Å². The van der Waals surface area contributed by atoms with E-state index in [1.54, 1.807) is 0 Å². The monoisotopic (exact) mass is 337 g/mol. The molecule has 0 amide bonds. The molecule has 26 heavy (non-hydrogen) atoms. The number of hydrogen-bond acceptors (Lipinski definition) is 2. The highest BCUT2D eigenvalue weighted by atomic mass is 16.4. The maximum atomic E-state index is 9.96. The van der Waals surface area contributed by atoms with Crippen molar-refractivity contribution >= 4 is 45.2 Å². The third-order valence-corrected chi connectivity index (χ3v) is 5.00. The van der Waals surface area contributed by atoms with Gasteiger partial charge in [0.2, 0.25) is 0 Å². The summed E-state index contributed by atoms with van der Waals surface area (Å²) >= 11 is 0. The molecule has 2 N–H and O–H groups in total. The van der Waals surface area contributed by atoms with Crippen molar-refractivity contribution in [3.63, 3.8) is 0 Å². The fraction of sp³-hybridized carbons (Fsp3) is 0. The van der Waals surface area contributed by atoms with Crippen LogP contribution < -0.4 is 5.46 Å². The minimum absolute atomic E-state index is 0.521. The lowest BCUT2D eigenvalue weighted by atomic mass is 9.76. The van der Waals surface area contributed by atoms with E-state index in [0.717, 1.165) is 38.3 Å². The normalized spacial score (nSPS) is 11.5. The van der Waals surface area contributed by atoms with Crippen LogP contribution in [0.5, 0.6) is 0 Å². The van der Waals surface area contributed by atoms with Crippen molar-refractivity contribution in [3.05, 3.63) is 84.9 Å². The van der Waals surface area contributed by atoms with Crippen LogP contribution in [0.15, 0.2) is 84.9 Å². The Kier molecular flexibility index (Phi) is 3.35. The predicted molar refractivity (Wildman–Crippen MR) is 108 cm³/mol. The first-order chi connectivity index (χ1) is 12.8. The van der Waals surface area contributed by atoms with Crippen LogP contribution in [-0.2, 0) is 0 Å². The van der Waals surface area contributed by atoms with Gasteiger partial charge in [0.05, 0.1) is 11.0 Å². The molecule has 0 aliphatic rings. The van der Waals surface area contributed by atoms with Crippen molar-refractivity contribution in [2.45, 2.75) is 0 Å². The van der Waals surface area contributed by atoms with E-state index in [9.17, 15) is 10.0 Å². The fourth-order valence-corrected chi connectivity index (χ4v) is 3.93. The summed E-state index contributed by atoms with van der Waals surface area (Å²) in [6.45, 7) is 0. The summed E-state index contributed by atoms with van der Waals surface area (Å²) in [6.07, 6.45) is 0. The molecule has 0 fully saturated rings. The first-order valence-corrected chi connectivity index (χ1v) is 8.62. The second kappa shape index (κ2) is 5.73. The minimum Gasteiger partial charge on any atom is -0.423 e. The van der Waals surface area contributed by atoms with Crippen LogP contribution in [0.4, 0.5) is 0 Å². The molecule has 0 atom stereocenters. The zero-order chi connectivity index (χ0) is 17.7. The van der Waals surface area contributed by atoms with Crippen molar-refractivity contribution < 1.29 is 10.0 Å². The lowest BCUT2D eigenvalue weighted by molar-refractivity contribution is 0.426. The Morgan fingerprint density at radius 2 is 1.23 bits per heavy atom. The van der Waals surface area contributed by atoms with E-state index in [-0.39, 0.29) is 0 Å². The van der Waals surface area contributed by atoms with E-state index in [0.29, 0.717) is 5.46 Å². The smallest absolute Gasteiger partial charge is 0.423 e. The summed E-state index contributed by atoms with van der Waals surface area (Å²) in [5.74, 6) is 0. The van der Waals surface area contributed by atoms with Crippen molar-refractivity contribution in [3.8, 4) is 5.69 Å². The van der Waals surface area contributed by atoms with Gasteiger partial charge in [-0.1, -0.05) is 60.7 Å². The van der Waals surface area contributed by atoms with Crippen molar-refractivity contribution in [1.29, 1.82) is 0 Å². The average Bonchev–Trinajstić information content (AvgIpc) is 3.02. The van der Waals surface area contributed by atoms with Crippen LogP contribution in [0.3, 0.4) is 0 Å². The van der Waals surface area contributed by atoms with E-state index in [1.165, 1.54) is 0 Å². The Hall–Kier alpha value is -3.08. The van der Waals surface area contributed by atoms with Crippen LogP contribution in [0.2, 0.25) is 0 Å². The fourth-order valence-electron chi connectivity index (χ4n) is 3.93. The molecule has 5 aromatic rings. The SMILES string of the molecule is OB(O)c1cc2c(c3ccccc13)c1ccccc1n2-c1ccccc1. The second-order valence-corrected chi connectivity index (χ2v) is 6.47.